The van der Waals surface area contributed by atoms with Gasteiger partial charge in [-0.05, 0) is 55.8 Å². The number of ether oxygens (including phenoxy) is 2. The van der Waals surface area contributed by atoms with E-state index in [1.807, 2.05) is 50.3 Å². The van der Waals surface area contributed by atoms with E-state index < -0.39 is 0 Å². The number of H-pyrrole nitrogens is 1. The standard InChI is InChI=1S/C21H22N4O4S/c1-13-3-5-16(29-13)6-8-19-23-21(25-24-19)30-12-20(26)22-14(2)15-4-7-17-18(11-15)28-10-9-27-17/h3-8,11,14H,9-10,12H2,1-2H3,(H,22,26)(H,23,24,25)/b8-6+. The minimum atomic E-state index is -0.156. The van der Waals surface area contributed by atoms with Crippen LogP contribution < -0.4 is 14.8 Å². The maximum Gasteiger partial charge on any atom is 0.230 e. The minimum absolute atomic E-state index is 0.102. The zero-order chi connectivity index (χ0) is 20.9. The van der Waals surface area contributed by atoms with Gasteiger partial charge in [0, 0.05) is 0 Å². The number of nitrogens with one attached hydrogen (secondary N) is 2. The van der Waals surface area contributed by atoms with Crippen molar-refractivity contribution in [3.8, 4) is 11.5 Å². The third-order valence-corrected chi connectivity index (χ3v) is 5.27. The molecule has 2 aromatic heterocycles. The Bertz CT molecular complexity index is 1060. The predicted molar refractivity (Wildman–Crippen MR) is 113 cm³/mol. The molecule has 8 nitrogen and oxygen atoms in total. The number of hydrogen-bond donors (Lipinski definition) is 2. The molecular formula is C21H22N4O4S. The van der Waals surface area contributed by atoms with Gasteiger partial charge in [-0.1, -0.05) is 17.8 Å². The van der Waals surface area contributed by atoms with Crippen LogP contribution in [0.3, 0.4) is 0 Å². The summed E-state index contributed by atoms with van der Waals surface area (Å²) in [5, 5.41) is 10.4. The highest BCUT2D eigenvalue weighted by Crippen LogP contribution is 2.32. The molecule has 1 aromatic carbocycles. The molecule has 1 unspecified atom stereocenters. The third kappa shape index (κ3) is 5.04. The molecule has 0 bridgehead atoms. The summed E-state index contributed by atoms with van der Waals surface area (Å²) in [6.45, 7) is 4.90. The lowest BCUT2D eigenvalue weighted by molar-refractivity contribution is -0.119. The van der Waals surface area contributed by atoms with Crippen LogP contribution in [0, 0.1) is 6.92 Å². The first-order chi connectivity index (χ1) is 14.6. The van der Waals surface area contributed by atoms with Crippen LogP contribution in [0.1, 0.15) is 35.9 Å². The van der Waals surface area contributed by atoms with E-state index in [-0.39, 0.29) is 17.7 Å². The quantitative estimate of drug-likeness (QED) is 0.556. The molecule has 9 heteroatoms. The number of aromatic amines is 1. The number of aryl methyl sites for hydroxylation is 1. The Morgan fingerprint density at radius 3 is 2.87 bits per heavy atom. The van der Waals surface area contributed by atoms with Crippen molar-refractivity contribution in [3.05, 3.63) is 53.2 Å². The average Bonchev–Trinajstić information content (AvgIpc) is 3.39. The van der Waals surface area contributed by atoms with Gasteiger partial charge in [-0.25, -0.2) is 4.98 Å². The number of carbonyl (C=O) groups excluding carboxylic acids is 1. The first kappa shape index (κ1) is 20.1. The molecule has 2 N–H and O–H groups in total. The smallest absolute Gasteiger partial charge is 0.230 e. The van der Waals surface area contributed by atoms with Gasteiger partial charge < -0.3 is 19.2 Å². The van der Waals surface area contributed by atoms with Crippen molar-refractivity contribution in [1.29, 1.82) is 0 Å². The number of benzene rings is 1. The SMILES string of the molecule is Cc1ccc(/C=C/c2nc(SCC(=O)NC(C)c3ccc4c(c3)OCCO4)n[nH]2)o1. The zero-order valence-corrected chi connectivity index (χ0v) is 17.5. The Kier molecular flexibility index (Phi) is 6.08. The van der Waals surface area contributed by atoms with Gasteiger partial charge in [0.1, 0.15) is 30.6 Å². The second-order valence-corrected chi connectivity index (χ2v) is 7.71. The predicted octanol–water partition coefficient (Wildman–Crippen LogP) is 3.62. The second kappa shape index (κ2) is 9.08. The Morgan fingerprint density at radius 2 is 2.07 bits per heavy atom. The lowest BCUT2D eigenvalue weighted by Crippen LogP contribution is -2.28. The fourth-order valence-corrected chi connectivity index (χ4v) is 3.54. The minimum Gasteiger partial charge on any atom is -0.486 e. The summed E-state index contributed by atoms with van der Waals surface area (Å²) in [5.74, 6) is 3.74. The monoisotopic (exact) mass is 426 g/mol. The summed E-state index contributed by atoms with van der Waals surface area (Å²) in [4.78, 5) is 16.7. The summed E-state index contributed by atoms with van der Waals surface area (Å²) in [7, 11) is 0. The van der Waals surface area contributed by atoms with Crippen LogP contribution in [0.25, 0.3) is 12.2 Å². The van der Waals surface area contributed by atoms with E-state index in [9.17, 15) is 4.79 Å². The van der Waals surface area contributed by atoms with Crippen molar-refractivity contribution in [2.75, 3.05) is 19.0 Å². The third-order valence-electron chi connectivity index (χ3n) is 4.42. The van der Waals surface area contributed by atoms with Gasteiger partial charge >= 0.3 is 0 Å². The topological polar surface area (TPSA) is 102 Å². The Morgan fingerprint density at radius 1 is 1.23 bits per heavy atom. The maximum atomic E-state index is 12.3. The molecule has 4 rings (SSSR count). The summed E-state index contributed by atoms with van der Waals surface area (Å²) < 4.78 is 16.6. The van der Waals surface area contributed by atoms with Crippen molar-refractivity contribution >= 4 is 29.8 Å². The van der Waals surface area contributed by atoms with Crippen LogP contribution in [0.15, 0.2) is 39.9 Å². The van der Waals surface area contributed by atoms with Gasteiger partial charge in [0.15, 0.2) is 11.5 Å². The molecule has 0 fully saturated rings. The number of hydrogen-bond acceptors (Lipinski definition) is 7. The molecular weight excluding hydrogens is 404 g/mol. The molecule has 0 radical (unpaired) electrons. The molecule has 1 aliphatic heterocycles. The van der Waals surface area contributed by atoms with Crippen molar-refractivity contribution < 1.29 is 18.7 Å². The van der Waals surface area contributed by atoms with Crippen LogP contribution in [0.5, 0.6) is 11.5 Å². The number of carbonyl (C=O) groups is 1. The number of amides is 1. The van der Waals surface area contributed by atoms with Crippen molar-refractivity contribution in [2.45, 2.75) is 25.0 Å². The molecule has 0 saturated carbocycles. The molecule has 0 aliphatic carbocycles. The van der Waals surface area contributed by atoms with Crippen molar-refractivity contribution in [1.82, 2.24) is 20.5 Å². The van der Waals surface area contributed by atoms with Gasteiger partial charge in [-0.2, -0.15) is 0 Å². The Balaban J connectivity index is 1.27. The molecule has 0 spiro atoms. The van der Waals surface area contributed by atoms with Crippen LogP contribution in [-0.2, 0) is 4.79 Å². The number of fused-ring (bicyclic) bond motifs is 1. The molecule has 1 amide bonds. The highest BCUT2D eigenvalue weighted by atomic mass is 32.2. The maximum absolute atomic E-state index is 12.3. The van der Waals surface area contributed by atoms with Crippen LogP contribution in [0.2, 0.25) is 0 Å². The van der Waals surface area contributed by atoms with Gasteiger partial charge in [0.2, 0.25) is 11.1 Å². The normalized spacial score (nSPS) is 14.1. The highest BCUT2D eigenvalue weighted by molar-refractivity contribution is 7.99. The van der Waals surface area contributed by atoms with E-state index >= 15 is 0 Å². The lowest BCUT2D eigenvalue weighted by Gasteiger charge is -2.21. The molecule has 0 saturated heterocycles. The molecule has 3 heterocycles. The van der Waals surface area contributed by atoms with Crippen LogP contribution >= 0.6 is 11.8 Å². The number of furan rings is 1. The van der Waals surface area contributed by atoms with Gasteiger partial charge in [-0.15, -0.1) is 5.10 Å². The van der Waals surface area contributed by atoms with E-state index in [4.69, 9.17) is 13.9 Å². The Hall–Kier alpha value is -3.20. The fourth-order valence-electron chi connectivity index (χ4n) is 2.93. The van der Waals surface area contributed by atoms with Gasteiger partial charge in [0.25, 0.3) is 0 Å². The van der Waals surface area contributed by atoms with Crippen LogP contribution in [-0.4, -0.2) is 40.1 Å². The molecule has 30 heavy (non-hydrogen) atoms. The molecule has 3 aromatic rings. The van der Waals surface area contributed by atoms with E-state index in [2.05, 4.69) is 20.5 Å². The lowest BCUT2D eigenvalue weighted by atomic mass is 10.1. The van der Waals surface area contributed by atoms with Crippen molar-refractivity contribution in [3.63, 3.8) is 0 Å². The number of rotatable bonds is 7. The van der Waals surface area contributed by atoms with E-state index in [0.717, 1.165) is 22.8 Å². The van der Waals surface area contributed by atoms with Crippen LogP contribution in [0.4, 0.5) is 0 Å². The molecule has 156 valence electrons. The summed E-state index contributed by atoms with van der Waals surface area (Å²) in [6, 6.07) is 9.32. The van der Waals surface area contributed by atoms with E-state index in [1.54, 1.807) is 6.08 Å². The largest absolute Gasteiger partial charge is 0.486 e. The molecule has 1 aliphatic rings. The Labute approximate surface area is 178 Å². The second-order valence-electron chi connectivity index (χ2n) is 6.77. The first-order valence-corrected chi connectivity index (χ1v) is 10.5. The van der Waals surface area contributed by atoms with Gasteiger partial charge in [-0.3, -0.25) is 9.89 Å². The van der Waals surface area contributed by atoms with E-state index in [1.165, 1.54) is 11.8 Å². The summed E-state index contributed by atoms with van der Waals surface area (Å²) in [6.07, 6.45) is 3.59. The average molecular weight is 426 g/mol. The zero-order valence-electron chi connectivity index (χ0n) is 16.7. The van der Waals surface area contributed by atoms with Gasteiger partial charge in [0.05, 0.1) is 11.8 Å². The number of thioether (sulfide) groups is 1. The summed E-state index contributed by atoms with van der Waals surface area (Å²) >= 11 is 1.27. The first-order valence-electron chi connectivity index (χ1n) is 9.55. The highest BCUT2D eigenvalue weighted by Gasteiger charge is 2.16. The fraction of sp³-hybridized carbons (Fsp3) is 0.286. The number of nitrogens with zero attached hydrogens (tertiary/aromatic N) is 2. The molecule has 1 atom stereocenters. The number of aromatic nitrogens is 3. The van der Waals surface area contributed by atoms with E-state index in [0.29, 0.717) is 29.9 Å². The summed E-state index contributed by atoms with van der Waals surface area (Å²) in [5.41, 5.74) is 0.955. The van der Waals surface area contributed by atoms with Crippen molar-refractivity contribution in [2.24, 2.45) is 0 Å².